The molecule has 1 saturated heterocycles. The summed E-state index contributed by atoms with van der Waals surface area (Å²) in [6, 6.07) is 0.100. The molecule has 0 aromatic heterocycles. The maximum Gasteiger partial charge on any atom is 0.217 e. The van der Waals surface area contributed by atoms with Gasteiger partial charge in [0.25, 0.3) is 0 Å². The molecule has 1 fully saturated rings. The number of amides is 1. The van der Waals surface area contributed by atoms with Crippen LogP contribution in [0, 0.1) is 5.92 Å². The van der Waals surface area contributed by atoms with E-state index >= 15 is 0 Å². The van der Waals surface area contributed by atoms with Crippen LogP contribution in [0.15, 0.2) is 0 Å². The number of nitrogens with one attached hydrogen (secondary N) is 1. The number of hydrogen-bond acceptors (Lipinski definition) is 3. The molecule has 1 unspecified atom stereocenters. The zero-order valence-electron chi connectivity index (χ0n) is 11.8. The number of carbonyl (C=O) groups is 1. The minimum atomic E-state index is -0.0000260. The van der Waals surface area contributed by atoms with Crippen molar-refractivity contribution in [3.63, 3.8) is 0 Å². The summed E-state index contributed by atoms with van der Waals surface area (Å²) in [6.45, 7) is 11.7. The lowest BCUT2D eigenvalue weighted by Crippen LogP contribution is -2.41. The number of ether oxygens (including phenoxy) is 2. The maximum atomic E-state index is 11.0. The lowest BCUT2D eigenvalue weighted by Gasteiger charge is -2.23. The molecule has 2 atom stereocenters. The Kier molecular flexibility index (Phi) is 9.09. The Morgan fingerprint density at radius 2 is 2.18 bits per heavy atom. The van der Waals surface area contributed by atoms with Gasteiger partial charge in [-0.05, 0) is 12.3 Å². The Hall–Kier alpha value is -0.610. The highest BCUT2D eigenvalue weighted by Crippen LogP contribution is 2.10. The Morgan fingerprint density at radius 3 is 2.59 bits per heavy atom. The fourth-order valence-electron chi connectivity index (χ4n) is 1.55. The van der Waals surface area contributed by atoms with Gasteiger partial charge in [-0.3, -0.25) is 4.79 Å². The quantitative estimate of drug-likeness (QED) is 0.810. The van der Waals surface area contributed by atoms with E-state index in [1.165, 1.54) is 6.92 Å². The van der Waals surface area contributed by atoms with Gasteiger partial charge in [0.2, 0.25) is 5.91 Å². The average molecular weight is 247 g/mol. The molecular formula is C13H29NO3. The summed E-state index contributed by atoms with van der Waals surface area (Å²) in [5.41, 5.74) is 0. The molecular weight excluding hydrogens is 218 g/mol. The molecule has 0 aromatic carbocycles. The molecule has 0 spiro atoms. The second-order valence-electron chi connectivity index (χ2n) is 4.37. The lowest BCUT2D eigenvalue weighted by molar-refractivity contribution is -0.120. The van der Waals surface area contributed by atoms with Crippen molar-refractivity contribution in [2.75, 3.05) is 19.8 Å². The van der Waals surface area contributed by atoms with Gasteiger partial charge in [0.15, 0.2) is 0 Å². The van der Waals surface area contributed by atoms with Crippen LogP contribution in [0.5, 0.6) is 0 Å². The number of rotatable bonds is 5. The first-order valence-corrected chi connectivity index (χ1v) is 6.56. The highest BCUT2D eigenvalue weighted by molar-refractivity contribution is 5.73. The summed E-state index contributed by atoms with van der Waals surface area (Å²) in [5.74, 6) is 0.385. The van der Waals surface area contributed by atoms with Crippen molar-refractivity contribution >= 4 is 5.91 Å². The third-order valence-electron chi connectivity index (χ3n) is 2.59. The van der Waals surface area contributed by atoms with Gasteiger partial charge in [0.1, 0.15) is 0 Å². The van der Waals surface area contributed by atoms with Crippen molar-refractivity contribution in [3.8, 4) is 0 Å². The summed E-state index contributed by atoms with van der Waals surface area (Å²) < 4.78 is 10.9. The predicted octanol–water partition coefficient (Wildman–Crippen LogP) is 2.22. The molecule has 0 saturated carbocycles. The fraction of sp³-hybridized carbons (Fsp3) is 0.923. The minimum Gasteiger partial charge on any atom is -0.379 e. The molecule has 1 aliphatic heterocycles. The molecule has 4 nitrogen and oxygen atoms in total. The Bertz CT molecular complexity index is 206. The average Bonchev–Trinajstić information content (AvgIpc) is 2.79. The Morgan fingerprint density at radius 1 is 1.53 bits per heavy atom. The van der Waals surface area contributed by atoms with E-state index in [4.69, 9.17) is 9.47 Å². The summed E-state index contributed by atoms with van der Waals surface area (Å²) in [4.78, 5) is 11.0. The van der Waals surface area contributed by atoms with Gasteiger partial charge in [0, 0.05) is 15.0 Å². The lowest BCUT2D eigenvalue weighted by atomic mass is 10.1. The SMILES string of the molecule is CC.CC(=O)N[C@@H](COC1CCOC1)C(C)C.[HH]. The molecule has 0 bridgehead atoms. The van der Waals surface area contributed by atoms with Crippen molar-refractivity contribution in [2.45, 2.75) is 53.2 Å². The summed E-state index contributed by atoms with van der Waals surface area (Å²) >= 11 is 0. The third-order valence-corrected chi connectivity index (χ3v) is 2.59. The molecule has 1 amide bonds. The van der Waals surface area contributed by atoms with Gasteiger partial charge < -0.3 is 14.8 Å². The van der Waals surface area contributed by atoms with E-state index in [-0.39, 0.29) is 19.5 Å². The van der Waals surface area contributed by atoms with Crippen molar-refractivity contribution in [1.82, 2.24) is 5.32 Å². The van der Waals surface area contributed by atoms with E-state index in [2.05, 4.69) is 19.2 Å². The molecule has 17 heavy (non-hydrogen) atoms. The standard InChI is InChI=1S/C11H21NO3.C2H6.H2/c1-8(2)11(12-9(3)13)7-15-10-4-5-14-6-10;1-2;/h8,10-11H,4-7H2,1-3H3,(H,12,13);1-2H3;1H/t10?,11-;;/m0../s1. The molecule has 104 valence electrons. The Labute approximate surface area is 107 Å². The van der Waals surface area contributed by atoms with Gasteiger partial charge in [-0.15, -0.1) is 0 Å². The molecule has 1 rings (SSSR count). The predicted molar refractivity (Wildman–Crippen MR) is 71.1 cm³/mol. The molecule has 1 heterocycles. The van der Waals surface area contributed by atoms with Crippen LogP contribution in [0.2, 0.25) is 0 Å². The van der Waals surface area contributed by atoms with Gasteiger partial charge >= 0.3 is 0 Å². The van der Waals surface area contributed by atoms with E-state index in [1.54, 1.807) is 0 Å². The first-order valence-electron chi connectivity index (χ1n) is 6.56. The van der Waals surface area contributed by atoms with Gasteiger partial charge in [-0.25, -0.2) is 0 Å². The second kappa shape index (κ2) is 9.42. The molecule has 1 N–H and O–H groups in total. The number of carbonyl (C=O) groups excluding carboxylic acids is 1. The summed E-state index contributed by atoms with van der Waals surface area (Å²) in [6.07, 6.45) is 1.17. The van der Waals surface area contributed by atoms with E-state index in [0.717, 1.165) is 13.0 Å². The van der Waals surface area contributed by atoms with Gasteiger partial charge in [-0.2, -0.15) is 0 Å². The highest BCUT2D eigenvalue weighted by Gasteiger charge is 2.20. The van der Waals surface area contributed by atoms with Crippen molar-refractivity contribution in [1.29, 1.82) is 0 Å². The molecule has 0 radical (unpaired) electrons. The third kappa shape index (κ3) is 7.34. The van der Waals surface area contributed by atoms with E-state index in [1.807, 2.05) is 13.8 Å². The molecule has 0 aromatic rings. The van der Waals surface area contributed by atoms with E-state index in [9.17, 15) is 4.79 Å². The fourth-order valence-corrected chi connectivity index (χ4v) is 1.55. The van der Waals surface area contributed by atoms with Crippen LogP contribution in [-0.4, -0.2) is 37.9 Å². The normalized spacial score (nSPS) is 20.7. The van der Waals surface area contributed by atoms with Crippen molar-refractivity contribution < 1.29 is 15.7 Å². The van der Waals surface area contributed by atoms with Crippen LogP contribution >= 0.6 is 0 Å². The summed E-state index contributed by atoms with van der Waals surface area (Å²) in [7, 11) is 0. The number of hydrogen-bond donors (Lipinski definition) is 1. The molecule has 0 aliphatic carbocycles. The Balaban J connectivity index is 0. The van der Waals surface area contributed by atoms with Crippen LogP contribution in [0.25, 0.3) is 0 Å². The largest absolute Gasteiger partial charge is 0.379 e. The van der Waals surface area contributed by atoms with Crippen molar-refractivity contribution in [3.05, 3.63) is 0 Å². The van der Waals surface area contributed by atoms with Crippen LogP contribution in [0.3, 0.4) is 0 Å². The van der Waals surface area contributed by atoms with Crippen molar-refractivity contribution in [2.24, 2.45) is 5.92 Å². The second-order valence-corrected chi connectivity index (χ2v) is 4.37. The molecule has 4 heteroatoms. The van der Waals surface area contributed by atoms with E-state index in [0.29, 0.717) is 19.1 Å². The zero-order chi connectivity index (χ0) is 13.3. The minimum absolute atomic E-state index is 0. The van der Waals surface area contributed by atoms with Crippen LogP contribution in [-0.2, 0) is 14.3 Å². The highest BCUT2D eigenvalue weighted by atomic mass is 16.5. The van der Waals surface area contributed by atoms with E-state index < -0.39 is 0 Å². The first kappa shape index (κ1) is 16.4. The monoisotopic (exact) mass is 247 g/mol. The first-order chi connectivity index (χ1) is 8.09. The smallest absolute Gasteiger partial charge is 0.217 e. The van der Waals surface area contributed by atoms with Crippen LogP contribution < -0.4 is 5.32 Å². The van der Waals surface area contributed by atoms with Gasteiger partial charge in [-0.1, -0.05) is 27.7 Å². The van der Waals surface area contributed by atoms with Gasteiger partial charge in [0.05, 0.1) is 25.4 Å². The van der Waals surface area contributed by atoms with Crippen LogP contribution in [0.1, 0.15) is 42.5 Å². The van der Waals surface area contributed by atoms with Crippen LogP contribution in [0.4, 0.5) is 0 Å². The topological polar surface area (TPSA) is 47.6 Å². The summed E-state index contributed by atoms with van der Waals surface area (Å²) in [5, 5.41) is 2.90. The zero-order valence-corrected chi connectivity index (χ0v) is 11.8. The maximum absolute atomic E-state index is 11.0. The molecule has 1 aliphatic rings.